The Labute approximate surface area is 677 Å². The van der Waals surface area contributed by atoms with Crippen LogP contribution in [0.1, 0.15) is 134 Å². The maximum absolute atomic E-state index is 15.0. The maximum Gasteiger partial charge on any atom is 0.411 e. The highest BCUT2D eigenvalue weighted by Crippen LogP contribution is 2.42. The van der Waals surface area contributed by atoms with Crippen molar-refractivity contribution in [3.05, 3.63) is 145 Å². The van der Waals surface area contributed by atoms with E-state index in [2.05, 4.69) is 137 Å². The van der Waals surface area contributed by atoms with Crippen molar-refractivity contribution in [2.75, 3.05) is 88.2 Å². The van der Waals surface area contributed by atoms with Crippen LogP contribution in [-0.4, -0.2) is 189 Å². The smallest absolute Gasteiger partial charge is 0.411 e. The van der Waals surface area contributed by atoms with Gasteiger partial charge in [-0.25, -0.2) is 19.2 Å². The lowest BCUT2D eigenvalue weighted by molar-refractivity contribution is -0.128. The Morgan fingerprint density at radius 2 is 0.826 bits per heavy atom. The molecule has 4 aromatic carbocycles. The molecule has 6 rings (SSSR count). The van der Waals surface area contributed by atoms with E-state index in [9.17, 15) is 38.4 Å². The van der Waals surface area contributed by atoms with Gasteiger partial charge in [0, 0.05) is 43.0 Å². The molecular weight excluding hydrogens is 1510 g/mol. The highest BCUT2D eigenvalue weighted by molar-refractivity contribution is 6.74. The number of amides is 10. The number of hydrogen-bond donors (Lipinski definition) is 8. The predicted molar refractivity (Wildman–Crippen MR) is 445 cm³/mol. The van der Waals surface area contributed by atoms with Crippen LogP contribution in [0.25, 0.3) is 0 Å². The average molecular weight is 1630 g/mol. The van der Waals surface area contributed by atoms with Crippen molar-refractivity contribution in [3.63, 3.8) is 0 Å². The summed E-state index contributed by atoms with van der Waals surface area (Å²) in [5, 5.41) is 21.1. The molecule has 8 N–H and O–H groups in total. The predicted octanol–water partition coefficient (Wildman–Crippen LogP) is 13.4. The molecule has 2 saturated heterocycles. The van der Waals surface area contributed by atoms with Crippen LogP contribution < -0.4 is 61.5 Å². The van der Waals surface area contributed by atoms with E-state index in [1.165, 1.54) is 64.5 Å². The van der Waals surface area contributed by atoms with Gasteiger partial charge in [0.2, 0.25) is 23.6 Å². The summed E-state index contributed by atoms with van der Waals surface area (Å²) in [5.41, 5.74) is 3.62. The molecule has 4 aromatic rings. The number of ether oxygens (including phenoxy) is 8. The molecule has 30 nitrogen and oxygen atoms in total. The van der Waals surface area contributed by atoms with Crippen molar-refractivity contribution >= 4 is 99.2 Å². The number of rotatable bonds is 38. The van der Waals surface area contributed by atoms with Gasteiger partial charge in [0.15, 0.2) is 39.6 Å². The molecule has 0 unspecified atom stereocenters. The van der Waals surface area contributed by atoms with E-state index < -0.39 is 101 Å². The van der Waals surface area contributed by atoms with E-state index in [0.29, 0.717) is 35.3 Å². The van der Waals surface area contributed by atoms with Gasteiger partial charge in [-0.3, -0.25) is 39.4 Å². The molecule has 0 spiro atoms. The minimum absolute atomic E-state index is 0.0200. The van der Waals surface area contributed by atoms with E-state index >= 15 is 9.59 Å². The molecule has 0 aromatic heterocycles. The fraction of sp³-hybridized carbons (Fsp3) is 0.494. The number of methoxy groups -OCH3 is 2. The normalized spacial score (nSPS) is 15.4. The summed E-state index contributed by atoms with van der Waals surface area (Å²) >= 11 is 0. The molecule has 0 bridgehead atoms. The Morgan fingerprint density at radius 3 is 1.14 bits per heavy atom. The quantitative estimate of drug-likeness (QED) is 0.00894. The number of nitrogens with one attached hydrogen (secondary N) is 8. The molecule has 0 saturated carbocycles. The minimum Gasteiger partial charge on any atom is -0.493 e. The third-order valence-electron chi connectivity index (χ3n) is 20.3. The highest BCUT2D eigenvalue weighted by atomic mass is 28.4. The van der Waals surface area contributed by atoms with Gasteiger partial charge < -0.3 is 88.4 Å². The van der Waals surface area contributed by atoms with Gasteiger partial charge in [0.25, 0.3) is 11.8 Å². The lowest BCUT2D eigenvalue weighted by Gasteiger charge is -2.38. The fourth-order valence-electron chi connectivity index (χ4n) is 11.4. The van der Waals surface area contributed by atoms with Crippen LogP contribution in [0.2, 0.25) is 36.3 Å². The molecule has 2 aliphatic heterocycles. The number of hydrogen-bond acceptors (Lipinski definition) is 20. The Hall–Kier alpha value is -10.7. The van der Waals surface area contributed by atoms with E-state index in [-0.39, 0.29) is 152 Å². The topological polar surface area (TPSA) is 366 Å². The second-order valence-corrected chi connectivity index (χ2v) is 41.7. The van der Waals surface area contributed by atoms with E-state index in [1.54, 1.807) is 86.0 Å². The first-order chi connectivity index (χ1) is 54.0. The molecule has 10 amide bonds. The van der Waals surface area contributed by atoms with Crippen LogP contribution in [0.15, 0.2) is 122 Å². The molecule has 6 atom stereocenters. The van der Waals surface area contributed by atoms with Crippen molar-refractivity contribution in [2.24, 2.45) is 11.8 Å². The average Bonchev–Trinajstić information content (AvgIpc) is 1.78. The Bertz CT molecular complexity index is 3900. The summed E-state index contributed by atoms with van der Waals surface area (Å²) in [6.45, 7) is 47.1. The van der Waals surface area contributed by atoms with Crippen LogP contribution >= 0.6 is 0 Å². The zero-order chi connectivity index (χ0) is 85.4. The first-order valence-corrected chi connectivity index (χ1v) is 44.1. The summed E-state index contributed by atoms with van der Waals surface area (Å²) in [6.07, 6.45) is 0.496. The second-order valence-electron chi connectivity index (χ2n) is 32.1. The molecular formula is C83H118N10O20Si2. The SMILES string of the molecule is C=CCOC(=O)N[C@H](C(=O)N[C@@H](C)C(=O)Nc1ccc(COC(=O)Nc2cc(OCCCOc3cc(NC(=O)OCc4ccc(NC(=O)[C@H](C)NC(=O)[C@@H](NC(=O)OCC=C)C(C)C)cc4)c(C(=O)N4CC(=C)C[C@H]4CO[Si](C)(C)C(C)(C)C)cc3OC)c(OC)cc2C(=O)N2CC(=C)C[C@H]2CO[Si](C)(C)C(C)(C)C)cc1)C(C)C. The fourth-order valence-corrected chi connectivity index (χ4v) is 13.5. The number of anilines is 4. The largest absolute Gasteiger partial charge is 0.493 e. The van der Waals surface area contributed by atoms with E-state index in [1.807, 2.05) is 0 Å². The summed E-state index contributed by atoms with van der Waals surface area (Å²) in [4.78, 5) is 139. The molecule has 115 heavy (non-hydrogen) atoms. The van der Waals surface area contributed by atoms with Crippen LogP contribution in [-0.2, 0) is 60.2 Å². The van der Waals surface area contributed by atoms with Crippen molar-refractivity contribution < 1.29 is 94.7 Å². The van der Waals surface area contributed by atoms with E-state index in [4.69, 9.17) is 46.7 Å². The zero-order valence-corrected chi connectivity index (χ0v) is 71.8. The van der Waals surface area contributed by atoms with Crippen molar-refractivity contribution in [1.29, 1.82) is 0 Å². The summed E-state index contributed by atoms with van der Waals surface area (Å²) in [6, 6.07) is 14.0. The first kappa shape index (κ1) is 93.2. The summed E-state index contributed by atoms with van der Waals surface area (Å²) < 4.78 is 59.1. The summed E-state index contributed by atoms with van der Waals surface area (Å²) in [5.74, 6) is -3.24. The molecule has 0 radical (unpaired) electrons. The van der Waals surface area contributed by atoms with Gasteiger partial charge in [-0.05, 0) is 122 Å². The van der Waals surface area contributed by atoms with Gasteiger partial charge >= 0.3 is 24.4 Å². The van der Waals surface area contributed by atoms with Crippen LogP contribution in [0.3, 0.4) is 0 Å². The number of nitrogens with zero attached hydrogens (tertiary/aromatic N) is 2. The number of carbonyl (C=O) groups is 10. The number of likely N-dealkylation sites (tertiary alicyclic amines) is 2. The van der Waals surface area contributed by atoms with Crippen LogP contribution in [0.5, 0.6) is 23.0 Å². The number of benzene rings is 4. The Kier molecular flexibility index (Phi) is 34.1. The van der Waals surface area contributed by atoms with Crippen molar-refractivity contribution in [3.8, 4) is 23.0 Å². The van der Waals surface area contributed by atoms with Gasteiger partial charge in [-0.15, -0.1) is 0 Å². The van der Waals surface area contributed by atoms with Crippen molar-refractivity contribution in [2.45, 2.75) is 188 Å². The lowest BCUT2D eigenvalue weighted by atomic mass is 10.0. The highest BCUT2D eigenvalue weighted by Gasteiger charge is 2.43. The second kappa shape index (κ2) is 42.1. The third-order valence-corrected chi connectivity index (χ3v) is 29.3. The lowest BCUT2D eigenvalue weighted by Crippen LogP contribution is -2.53. The monoisotopic (exact) mass is 1630 g/mol. The molecule has 32 heteroatoms. The van der Waals surface area contributed by atoms with Gasteiger partial charge in [0.1, 0.15) is 50.6 Å². The van der Waals surface area contributed by atoms with Gasteiger partial charge in [-0.2, -0.15) is 0 Å². The van der Waals surface area contributed by atoms with Gasteiger partial charge in [-0.1, -0.05) is 143 Å². The number of carbonyl (C=O) groups excluding carboxylic acids is 10. The standard InChI is InChI=1S/C83H118N10O20Si2/c1-23-34-108-80(102)90-70(50(3)4)74(96)84-54(9)72(94)86-58-30-26-56(27-31-58)46-110-78(100)88-64-42-68(66(104-17)40-62(64)76(98)92-44-52(7)38-60(92)48-112-114(19,20)82(11,12)13)106-36-25-37-107-69-43-65(63(41-67(69)105-18)77(99)93-45-53(8)39-61(93)49-113-115(21,22)83(14,15)16)89-79(101)111-47-57-28-32-59(33-29-57)87-73(95)55(10)85-75(97)71(51(5)6)91-81(103)109-35-24-2/h23-24,26-33,40-43,50-51,54-55,60-61,70-71H,1-2,7-8,25,34-39,44-49H2,3-6,9-22H3,(H,84,96)(H,85,97)(H,86,94)(H,87,95)(H,88,100)(H,89,101)(H,90,102)(H,91,103)/t54-,55-,60-,61-,70-,71-/m0/s1. The van der Waals surface area contributed by atoms with Crippen LogP contribution in [0, 0.1) is 11.8 Å². The van der Waals surface area contributed by atoms with Gasteiger partial charge in [0.05, 0.1) is 75.2 Å². The van der Waals surface area contributed by atoms with E-state index in [0.717, 1.165) is 11.1 Å². The first-order valence-electron chi connectivity index (χ1n) is 38.3. The Morgan fingerprint density at radius 1 is 0.478 bits per heavy atom. The molecule has 0 aliphatic carbocycles. The molecule has 2 aliphatic rings. The third kappa shape index (κ3) is 27.2. The maximum atomic E-state index is 15.0. The number of alkyl carbamates (subject to hydrolysis) is 2. The molecule has 628 valence electrons. The molecule has 2 fully saturated rings. The van der Waals surface area contributed by atoms with Crippen LogP contribution in [0.4, 0.5) is 41.9 Å². The molecule has 2 heterocycles. The van der Waals surface area contributed by atoms with Crippen molar-refractivity contribution in [1.82, 2.24) is 31.1 Å². The minimum atomic E-state index is -2.27. The summed E-state index contributed by atoms with van der Waals surface area (Å²) in [7, 11) is -1.72. The zero-order valence-electron chi connectivity index (χ0n) is 69.8. The Balaban J connectivity index is 1.20.